The molecule has 1 N–H and O–H groups in total. The minimum absolute atomic E-state index is 0.659. The maximum Gasteiger partial charge on any atom is 0.240 e. The summed E-state index contributed by atoms with van der Waals surface area (Å²) in [4.78, 5) is 4.40. The molecule has 0 unspecified atom stereocenters. The molecule has 1 aliphatic rings. The molecule has 2 aromatic rings. The van der Waals surface area contributed by atoms with Crippen LogP contribution in [0.2, 0.25) is 0 Å². The Hall–Kier alpha value is -1.68. The van der Waals surface area contributed by atoms with E-state index in [1.54, 1.807) is 0 Å². The summed E-state index contributed by atoms with van der Waals surface area (Å²) in [5, 5.41) is 7.36. The van der Waals surface area contributed by atoms with E-state index in [9.17, 15) is 0 Å². The first kappa shape index (κ1) is 11.4. The van der Waals surface area contributed by atoms with Crippen LogP contribution >= 0.6 is 0 Å². The van der Waals surface area contributed by atoms with Crippen molar-refractivity contribution in [2.24, 2.45) is 5.92 Å². The van der Waals surface area contributed by atoms with Crippen molar-refractivity contribution in [2.75, 3.05) is 6.54 Å². The monoisotopic (exact) mass is 243 g/mol. The van der Waals surface area contributed by atoms with Gasteiger partial charge >= 0.3 is 0 Å². The highest BCUT2D eigenvalue weighted by Gasteiger charge is 2.20. The summed E-state index contributed by atoms with van der Waals surface area (Å²) in [7, 11) is 0. The Kier molecular flexibility index (Phi) is 3.11. The van der Waals surface area contributed by atoms with Gasteiger partial charge in [0.05, 0.1) is 6.54 Å². The summed E-state index contributed by atoms with van der Waals surface area (Å²) in [6.07, 6.45) is 2.71. The number of benzene rings is 1. The van der Waals surface area contributed by atoms with E-state index in [0.717, 1.165) is 18.0 Å². The SMILES string of the molecule is Cc1cccc(-c2noc(CNCC3CC3)n2)c1. The maximum atomic E-state index is 5.24. The van der Waals surface area contributed by atoms with Gasteiger partial charge < -0.3 is 9.84 Å². The summed E-state index contributed by atoms with van der Waals surface area (Å²) in [6.45, 7) is 3.78. The summed E-state index contributed by atoms with van der Waals surface area (Å²) < 4.78 is 5.24. The Morgan fingerprint density at radius 1 is 1.39 bits per heavy atom. The molecule has 94 valence electrons. The van der Waals surface area contributed by atoms with Crippen molar-refractivity contribution >= 4 is 0 Å². The molecule has 0 radical (unpaired) electrons. The van der Waals surface area contributed by atoms with Crippen LogP contribution < -0.4 is 5.32 Å². The molecule has 0 saturated heterocycles. The van der Waals surface area contributed by atoms with Crippen molar-refractivity contribution in [2.45, 2.75) is 26.3 Å². The van der Waals surface area contributed by atoms with Gasteiger partial charge in [0.2, 0.25) is 11.7 Å². The van der Waals surface area contributed by atoms with E-state index >= 15 is 0 Å². The molecule has 1 heterocycles. The zero-order chi connectivity index (χ0) is 12.4. The van der Waals surface area contributed by atoms with Crippen LogP contribution in [0.5, 0.6) is 0 Å². The van der Waals surface area contributed by atoms with Gasteiger partial charge in [-0.3, -0.25) is 0 Å². The number of hydrogen-bond donors (Lipinski definition) is 1. The first-order chi connectivity index (χ1) is 8.81. The Balaban J connectivity index is 1.64. The third-order valence-electron chi connectivity index (χ3n) is 3.15. The lowest BCUT2D eigenvalue weighted by Crippen LogP contribution is -2.16. The summed E-state index contributed by atoms with van der Waals surface area (Å²) in [5.74, 6) is 2.19. The third kappa shape index (κ3) is 2.76. The molecular formula is C14H17N3O. The quantitative estimate of drug-likeness (QED) is 0.876. The number of aryl methyl sites for hydroxylation is 1. The van der Waals surface area contributed by atoms with Crippen molar-refractivity contribution in [3.8, 4) is 11.4 Å². The van der Waals surface area contributed by atoms with Gasteiger partial charge in [0.25, 0.3) is 0 Å². The molecule has 1 aliphatic carbocycles. The zero-order valence-electron chi connectivity index (χ0n) is 10.5. The lowest BCUT2D eigenvalue weighted by atomic mass is 10.1. The molecule has 1 aromatic carbocycles. The molecule has 1 fully saturated rings. The molecule has 4 nitrogen and oxygen atoms in total. The lowest BCUT2D eigenvalue weighted by Gasteiger charge is -1.97. The van der Waals surface area contributed by atoms with Crippen LogP contribution in [0, 0.1) is 12.8 Å². The first-order valence-corrected chi connectivity index (χ1v) is 6.41. The molecule has 0 spiro atoms. The van der Waals surface area contributed by atoms with E-state index in [1.165, 1.54) is 18.4 Å². The van der Waals surface area contributed by atoms with Crippen LogP contribution in [0.3, 0.4) is 0 Å². The number of aromatic nitrogens is 2. The third-order valence-corrected chi connectivity index (χ3v) is 3.15. The molecule has 0 atom stereocenters. The first-order valence-electron chi connectivity index (χ1n) is 6.41. The van der Waals surface area contributed by atoms with Crippen LogP contribution in [0.4, 0.5) is 0 Å². The van der Waals surface area contributed by atoms with Crippen LogP contribution in [-0.4, -0.2) is 16.7 Å². The van der Waals surface area contributed by atoms with Gasteiger partial charge in [-0.05, 0) is 38.3 Å². The van der Waals surface area contributed by atoms with E-state index < -0.39 is 0 Å². The number of nitrogens with one attached hydrogen (secondary N) is 1. The number of nitrogens with zero attached hydrogens (tertiary/aromatic N) is 2. The number of hydrogen-bond acceptors (Lipinski definition) is 4. The Morgan fingerprint density at radius 3 is 3.06 bits per heavy atom. The lowest BCUT2D eigenvalue weighted by molar-refractivity contribution is 0.367. The normalized spacial score (nSPS) is 14.9. The largest absolute Gasteiger partial charge is 0.338 e. The standard InChI is InChI=1S/C14H17N3O/c1-10-3-2-4-12(7-10)14-16-13(18-17-14)9-15-8-11-5-6-11/h2-4,7,11,15H,5-6,8-9H2,1H3. The highest BCUT2D eigenvalue weighted by Crippen LogP contribution is 2.27. The summed E-state index contributed by atoms with van der Waals surface area (Å²) in [6, 6.07) is 8.12. The maximum absolute atomic E-state index is 5.24. The number of rotatable bonds is 5. The highest BCUT2D eigenvalue weighted by molar-refractivity contribution is 5.55. The fourth-order valence-electron chi connectivity index (χ4n) is 1.93. The molecule has 0 aliphatic heterocycles. The van der Waals surface area contributed by atoms with Crippen molar-refractivity contribution in [1.82, 2.24) is 15.5 Å². The van der Waals surface area contributed by atoms with Crippen molar-refractivity contribution in [1.29, 1.82) is 0 Å². The van der Waals surface area contributed by atoms with Crippen LogP contribution in [0.15, 0.2) is 28.8 Å². The highest BCUT2D eigenvalue weighted by atomic mass is 16.5. The van der Waals surface area contributed by atoms with Gasteiger partial charge in [0.1, 0.15) is 0 Å². The Bertz CT molecular complexity index is 531. The van der Waals surface area contributed by atoms with E-state index in [2.05, 4.69) is 34.5 Å². The Morgan fingerprint density at radius 2 is 2.28 bits per heavy atom. The molecule has 4 heteroatoms. The fourth-order valence-corrected chi connectivity index (χ4v) is 1.93. The minimum atomic E-state index is 0.659. The predicted octanol–water partition coefficient (Wildman–Crippen LogP) is 2.54. The van der Waals surface area contributed by atoms with E-state index in [0.29, 0.717) is 18.3 Å². The average Bonchev–Trinajstić information content (AvgIpc) is 3.06. The molecule has 18 heavy (non-hydrogen) atoms. The van der Waals surface area contributed by atoms with E-state index in [-0.39, 0.29) is 0 Å². The van der Waals surface area contributed by atoms with Gasteiger partial charge in [-0.1, -0.05) is 28.9 Å². The summed E-state index contributed by atoms with van der Waals surface area (Å²) in [5.41, 5.74) is 2.21. The predicted molar refractivity (Wildman–Crippen MR) is 68.9 cm³/mol. The molecule has 1 aromatic heterocycles. The van der Waals surface area contributed by atoms with Gasteiger partial charge in [0, 0.05) is 5.56 Å². The molecular weight excluding hydrogens is 226 g/mol. The van der Waals surface area contributed by atoms with Gasteiger partial charge in [-0.25, -0.2) is 0 Å². The smallest absolute Gasteiger partial charge is 0.240 e. The minimum Gasteiger partial charge on any atom is -0.338 e. The molecule has 0 bridgehead atoms. The van der Waals surface area contributed by atoms with Gasteiger partial charge in [0.15, 0.2) is 0 Å². The van der Waals surface area contributed by atoms with Gasteiger partial charge in [-0.15, -0.1) is 0 Å². The topological polar surface area (TPSA) is 51.0 Å². The van der Waals surface area contributed by atoms with Crippen LogP contribution in [0.1, 0.15) is 24.3 Å². The van der Waals surface area contributed by atoms with E-state index in [1.807, 2.05) is 12.1 Å². The Labute approximate surface area is 106 Å². The fraction of sp³-hybridized carbons (Fsp3) is 0.429. The van der Waals surface area contributed by atoms with Crippen molar-refractivity contribution < 1.29 is 4.52 Å². The van der Waals surface area contributed by atoms with E-state index in [4.69, 9.17) is 4.52 Å². The average molecular weight is 243 g/mol. The van der Waals surface area contributed by atoms with Gasteiger partial charge in [-0.2, -0.15) is 4.98 Å². The molecule has 3 rings (SSSR count). The summed E-state index contributed by atoms with van der Waals surface area (Å²) >= 11 is 0. The van der Waals surface area contributed by atoms with Crippen molar-refractivity contribution in [3.05, 3.63) is 35.7 Å². The molecule has 0 amide bonds. The van der Waals surface area contributed by atoms with Crippen LogP contribution in [-0.2, 0) is 6.54 Å². The zero-order valence-corrected chi connectivity index (χ0v) is 10.5. The molecule has 1 saturated carbocycles. The van der Waals surface area contributed by atoms with Crippen LogP contribution in [0.25, 0.3) is 11.4 Å². The second-order valence-electron chi connectivity index (χ2n) is 4.96. The second-order valence-corrected chi connectivity index (χ2v) is 4.96. The van der Waals surface area contributed by atoms with Crippen molar-refractivity contribution in [3.63, 3.8) is 0 Å². The second kappa shape index (κ2) is 4.90.